The van der Waals surface area contributed by atoms with Crippen molar-refractivity contribution in [2.75, 3.05) is 13.2 Å². The minimum Gasteiger partial charge on any atom is -0.545 e. The van der Waals surface area contributed by atoms with Gasteiger partial charge in [-0.05, 0) is 60.5 Å². The first kappa shape index (κ1) is 50.8. The number of carbonyl (C=O) groups excluding carboxylic acids is 4. The van der Waals surface area contributed by atoms with E-state index in [4.69, 9.17) is 9.47 Å². The zero-order valence-corrected chi connectivity index (χ0v) is 31.6. The van der Waals surface area contributed by atoms with Gasteiger partial charge in [0.25, 0.3) is 0 Å². The Morgan fingerprint density at radius 1 is 0.651 bits per heavy atom. The Morgan fingerprint density at radius 2 is 0.907 bits per heavy atom. The molecule has 0 fully saturated rings. The molecule has 0 heterocycles. The molecule has 248 valence electrons. The van der Waals surface area contributed by atoms with Crippen LogP contribution in [0, 0.1) is 36.5 Å². The van der Waals surface area contributed by atoms with E-state index < -0.39 is 23.9 Å². The smallest absolute Gasteiger partial charge is 0.545 e. The molecule has 0 aromatic carbocycles. The van der Waals surface area contributed by atoms with Gasteiger partial charge >= 0.3 is 35.8 Å². The van der Waals surface area contributed by atoms with Crippen molar-refractivity contribution in [1.82, 2.24) is 0 Å². The summed E-state index contributed by atoms with van der Waals surface area (Å²) in [7, 11) is 0. The molecule has 0 bridgehead atoms. The first-order valence-electron chi connectivity index (χ1n) is 14.9. The molecule has 0 aromatic heterocycles. The van der Waals surface area contributed by atoms with E-state index in [9.17, 15) is 29.4 Å². The summed E-state index contributed by atoms with van der Waals surface area (Å²) in [5.74, 6) is -3.15. The molecular formula is C34H60O8Sn. The average molecular weight is 716 g/mol. The summed E-state index contributed by atoms with van der Waals surface area (Å²) in [4.78, 5) is 42.1. The summed E-state index contributed by atoms with van der Waals surface area (Å²) < 4.78 is 9.72. The van der Waals surface area contributed by atoms with Gasteiger partial charge in [0.1, 0.15) is 0 Å². The van der Waals surface area contributed by atoms with Gasteiger partial charge in [0.2, 0.25) is 0 Å². The molecule has 2 unspecified atom stereocenters. The van der Waals surface area contributed by atoms with E-state index >= 15 is 0 Å². The van der Waals surface area contributed by atoms with Gasteiger partial charge in [0.15, 0.2) is 0 Å². The molecule has 43 heavy (non-hydrogen) atoms. The molecule has 0 N–H and O–H groups in total. The van der Waals surface area contributed by atoms with E-state index in [1.165, 1.54) is 12.8 Å². The Morgan fingerprint density at radius 3 is 1.09 bits per heavy atom. The van der Waals surface area contributed by atoms with Crippen LogP contribution in [0.1, 0.15) is 121 Å². The fourth-order valence-corrected chi connectivity index (χ4v) is 3.38. The van der Waals surface area contributed by atoms with Gasteiger partial charge in [-0.2, -0.15) is 0 Å². The normalized spacial score (nSPS) is 12.2. The minimum atomic E-state index is -1.40. The van der Waals surface area contributed by atoms with Crippen molar-refractivity contribution in [3.05, 3.63) is 38.2 Å². The Kier molecular flexibility index (Phi) is 37.3. The number of esters is 2. The predicted molar refractivity (Wildman–Crippen MR) is 172 cm³/mol. The van der Waals surface area contributed by atoms with Gasteiger partial charge in [-0.3, -0.25) is 0 Å². The second-order valence-electron chi connectivity index (χ2n) is 12.7. The van der Waals surface area contributed by atoms with E-state index in [0.717, 1.165) is 50.7 Å². The Bertz CT molecular complexity index is 693. The zero-order chi connectivity index (χ0) is 33.8. The van der Waals surface area contributed by atoms with Gasteiger partial charge in [-0.25, -0.2) is 9.59 Å². The van der Waals surface area contributed by atoms with E-state index in [1.807, 2.05) is 0 Å². The van der Waals surface area contributed by atoms with Crippen LogP contribution in [0.5, 0.6) is 0 Å². The number of carboxylic acids is 2. The molecule has 0 aliphatic heterocycles. The van der Waals surface area contributed by atoms with Crippen LogP contribution in [-0.2, 0) is 28.7 Å². The molecule has 0 rings (SSSR count). The molecule has 9 heteroatoms. The van der Waals surface area contributed by atoms with Crippen molar-refractivity contribution in [1.29, 1.82) is 0 Å². The maximum atomic E-state index is 11.0. The fourth-order valence-electron chi connectivity index (χ4n) is 3.38. The summed E-state index contributed by atoms with van der Waals surface area (Å²) in [6.45, 7) is 29.3. The molecule has 0 aromatic rings. The predicted octanol–water partition coefficient (Wildman–Crippen LogP) is 5.46. The number of carbonyl (C=O) groups is 4. The monoisotopic (exact) mass is 716 g/mol. The topological polar surface area (TPSA) is 133 Å². The number of ether oxygens (including phenoxy) is 2. The zero-order valence-electron chi connectivity index (χ0n) is 28.7. The van der Waals surface area contributed by atoms with Crippen molar-refractivity contribution in [3.63, 3.8) is 0 Å². The Hall–Kier alpha value is -1.84. The maximum absolute atomic E-state index is 11.0. The summed E-state index contributed by atoms with van der Waals surface area (Å²) in [6, 6.07) is 0. The van der Waals surface area contributed by atoms with Crippen LogP contribution in [0.3, 0.4) is 0 Å². The van der Waals surface area contributed by atoms with Crippen LogP contribution >= 0.6 is 0 Å². The molecular weight excluding hydrogens is 655 g/mol. The molecule has 0 aliphatic carbocycles. The summed E-state index contributed by atoms with van der Waals surface area (Å²) in [5.41, 5.74) is 0.524. The van der Waals surface area contributed by atoms with E-state index in [2.05, 4.69) is 83.1 Å². The van der Waals surface area contributed by atoms with Crippen LogP contribution in [0.2, 0.25) is 0 Å². The van der Waals surface area contributed by atoms with Crippen molar-refractivity contribution in [2.45, 2.75) is 121 Å². The van der Waals surface area contributed by atoms with Crippen molar-refractivity contribution in [3.8, 4) is 0 Å². The van der Waals surface area contributed by atoms with Crippen LogP contribution in [0.4, 0.5) is 0 Å². The third-order valence-corrected chi connectivity index (χ3v) is 5.05. The number of rotatable bonds is 14. The van der Waals surface area contributed by atoms with Gasteiger partial charge in [-0.1, -0.05) is 109 Å². The standard InChI is InChI=1S/2C13H22O4.2C4H9.Sn/c2*1-10(9-13(2,3)4)7-8-17-12(16)6-5-11(14)15;2*1-3-4-2;/h2*5-6,10H,7-9H2,1-4H3,(H,14,15);2*1,3-4H2,2H3;/q;;;;+2/p-2. The SMILES string of the molecule is CC(CCOC(=O)C=CC(=O)[O-])CC(C)(C)C.CC(CCOC(=O)C=CC(=O)[O-])CC(C)(C)C.[CH2]CCC.[CH2]CCC.[Sn+2]. The Balaban J connectivity index is -0.000000175. The quantitative estimate of drug-likeness (QED) is 0.132. The molecule has 0 saturated heterocycles. The van der Waals surface area contributed by atoms with Crippen molar-refractivity contribution < 1.29 is 38.9 Å². The summed E-state index contributed by atoms with van der Waals surface area (Å²) >= 11 is 0. The second-order valence-corrected chi connectivity index (χ2v) is 12.7. The van der Waals surface area contributed by atoms with Crippen molar-refractivity contribution >= 4 is 47.8 Å². The van der Waals surface area contributed by atoms with E-state index in [0.29, 0.717) is 37.2 Å². The molecule has 2 atom stereocenters. The van der Waals surface area contributed by atoms with Crippen molar-refractivity contribution in [2.24, 2.45) is 22.7 Å². The molecule has 0 spiro atoms. The molecule has 0 amide bonds. The maximum Gasteiger partial charge on any atom is 2.00 e. The van der Waals surface area contributed by atoms with Crippen LogP contribution in [0.25, 0.3) is 0 Å². The molecule has 0 aliphatic rings. The van der Waals surface area contributed by atoms with E-state index in [-0.39, 0.29) is 34.7 Å². The van der Waals surface area contributed by atoms with Crippen LogP contribution in [0.15, 0.2) is 24.3 Å². The van der Waals surface area contributed by atoms with Gasteiger partial charge < -0.3 is 29.3 Å². The number of hydrogen-bond acceptors (Lipinski definition) is 8. The molecule has 8 nitrogen and oxygen atoms in total. The van der Waals surface area contributed by atoms with Gasteiger partial charge in [-0.15, -0.1) is 0 Å². The molecule has 4 radical (unpaired) electrons. The first-order chi connectivity index (χ1) is 19.2. The summed E-state index contributed by atoms with van der Waals surface area (Å²) in [6.07, 6.45) is 11.3. The molecule has 0 saturated carbocycles. The van der Waals surface area contributed by atoms with Gasteiger partial charge in [0.05, 0.1) is 25.2 Å². The summed E-state index contributed by atoms with van der Waals surface area (Å²) in [5, 5.41) is 20.1. The number of carboxylic acid groups (broad SMARTS) is 2. The largest absolute Gasteiger partial charge is 2.00 e. The first-order valence-corrected chi connectivity index (χ1v) is 14.9. The van der Waals surface area contributed by atoms with Crippen LogP contribution in [-0.4, -0.2) is 61.0 Å². The number of aliphatic carboxylic acids is 2. The van der Waals surface area contributed by atoms with E-state index in [1.54, 1.807) is 0 Å². The third-order valence-electron chi connectivity index (χ3n) is 5.05. The number of hydrogen-bond donors (Lipinski definition) is 0. The van der Waals surface area contributed by atoms with Crippen LogP contribution < -0.4 is 10.2 Å². The Labute approximate surface area is 280 Å². The minimum absolute atomic E-state index is 0. The number of unbranched alkanes of at least 4 members (excludes halogenated alkanes) is 2. The van der Waals surface area contributed by atoms with Gasteiger partial charge in [0, 0.05) is 12.2 Å². The second kappa shape index (κ2) is 31.6. The average Bonchev–Trinajstić information content (AvgIpc) is 2.84. The fraction of sp³-hybridized carbons (Fsp3) is 0.706. The third kappa shape index (κ3) is 56.5.